The fraction of sp³-hybridized carbons (Fsp3) is 0.455. The first kappa shape index (κ1) is 9.22. The number of halogens is 1. The predicted octanol–water partition coefficient (Wildman–Crippen LogP) is 2.83. The van der Waals surface area contributed by atoms with E-state index in [1.165, 1.54) is 12.1 Å². The van der Waals surface area contributed by atoms with E-state index in [0.29, 0.717) is 6.04 Å². The molecular weight excluding hydrogens is 226 g/mol. The van der Waals surface area contributed by atoms with Gasteiger partial charge in [0, 0.05) is 24.0 Å². The molecular formula is C11H14BrN. The summed E-state index contributed by atoms with van der Waals surface area (Å²) in [7, 11) is 0. The maximum Gasteiger partial charge on any atom is 0.0327 e. The maximum atomic E-state index is 3.52. The number of rotatable bonds is 3. The smallest absolute Gasteiger partial charge is 0.0327 e. The van der Waals surface area contributed by atoms with E-state index in [2.05, 4.69) is 58.1 Å². The molecule has 0 aromatic heterocycles. The molecule has 1 saturated heterocycles. The molecule has 1 nitrogen and oxygen atoms in total. The fourth-order valence-corrected chi connectivity index (χ4v) is 2.31. The molecule has 0 spiro atoms. The molecule has 70 valence electrons. The molecule has 1 heterocycles. The molecule has 0 bridgehead atoms. The first-order valence-electron chi connectivity index (χ1n) is 4.69. The SMILES string of the molecule is C[C@H](c1ccccc1)N1C[C@@H]1CBr. The molecule has 1 aliphatic heterocycles. The number of nitrogens with zero attached hydrogens (tertiary/aromatic N) is 1. The Morgan fingerprint density at radius 3 is 2.69 bits per heavy atom. The van der Waals surface area contributed by atoms with Gasteiger partial charge in [0.05, 0.1) is 0 Å². The van der Waals surface area contributed by atoms with E-state index in [4.69, 9.17) is 0 Å². The standard InChI is InChI=1S/C11H14BrN/c1-9(13-8-11(13)7-12)10-5-3-2-4-6-10/h2-6,9,11H,7-8H2,1H3/t9-,11+,13?/m1/s1. The third-order valence-electron chi connectivity index (χ3n) is 2.71. The predicted molar refractivity (Wildman–Crippen MR) is 59.1 cm³/mol. The van der Waals surface area contributed by atoms with Crippen LogP contribution in [0, 0.1) is 0 Å². The summed E-state index contributed by atoms with van der Waals surface area (Å²) in [6.45, 7) is 3.51. The third-order valence-corrected chi connectivity index (χ3v) is 3.46. The first-order valence-corrected chi connectivity index (χ1v) is 5.81. The van der Waals surface area contributed by atoms with E-state index in [1.54, 1.807) is 0 Å². The molecule has 1 aromatic rings. The van der Waals surface area contributed by atoms with Crippen molar-refractivity contribution >= 4 is 15.9 Å². The molecule has 1 fully saturated rings. The molecule has 0 aliphatic carbocycles. The zero-order valence-corrected chi connectivity index (χ0v) is 9.37. The van der Waals surface area contributed by atoms with Crippen molar-refractivity contribution < 1.29 is 0 Å². The van der Waals surface area contributed by atoms with Gasteiger partial charge in [-0.05, 0) is 12.5 Å². The van der Waals surface area contributed by atoms with Crippen LogP contribution in [0.3, 0.4) is 0 Å². The summed E-state index contributed by atoms with van der Waals surface area (Å²) in [5.74, 6) is 0. The Morgan fingerprint density at radius 2 is 2.15 bits per heavy atom. The van der Waals surface area contributed by atoms with Crippen molar-refractivity contribution in [1.29, 1.82) is 0 Å². The lowest BCUT2D eigenvalue weighted by molar-refractivity contribution is 0.416. The minimum absolute atomic E-state index is 0.573. The van der Waals surface area contributed by atoms with Crippen molar-refractivity contribution in [2.45, 2.75) is 19.0 Å². The maximum absolute atomic E-state index is 3.52. The van der Waals surface area contributed by atoms with Crippen LogP contribution in [0.5, 0.6) is 0 Å². The van der Waals surface area contributed by atoms with Crippen LogP contribution in [0.15, 0.2) is 30.3 Å². The first-order chi connectivity index (χ1) is 6.33. The molecule has 0 radical (unpaired) electrons. The quantitative estimate of drug-likeness (QED) is 0.580. The van der Waals surface area contributed by atoms with Crippen LogP contribution in [0.4, 0.5) is 0 Å². The van der Waals surface area contributed by atoms with E-state index < -0.39 is 0 Å². The lowest BCUT2D eigenvalue weighted by Gasteiger charge is -2.13. The lowest BCUT2D eigenvalue weighted by atomic mass is 10.1. The summed E-state index contributed by atoms with van der Waals surface area (Å²) >= 11 is 3.52. The summed E-state index contributed by atoms with van der Waals surface area (Å²) in [6, 6.07) is 12.0. The molecule has 1 aromatic carbocycles. The van der Waals surface area contributed by atoms with Gasteiger partial charge < -0.3 is 0 Å². The third kappa shape index (κ3) is 1.94. The van der Waals surface area contributed by atoms with Crippen molar-refractivity contribution in [2.75, 3.05) is 11.9 Å². The minimum atomic E-state index is 0.573. The van der Waals surface area contributed by atoms with E-state index in [-0.39, 0.29) is 0 Å². The Hall–Kier alpha value is -0.340. The monoisotopic (exact) mass is 239 g/mol. The van der Waals surface area contributed by atoms with Crippen LogP contribution >= 0.6 is 15.9 Å². The second-order valence-corrected chi connectivity index (χ2v) is 4.24. The van der Waals surface area contributed by atoms with Crippen molar-refractivity contribution in [1.82, 2.24) is 4.90 Å². The van der Waals surface area contributed by atoms with E-state index in [0.717, 1.165) is 11.4 Å². The Morgan fingerprint density at radius 1 is 1.46 bits per heavy atom. The van der Waals surface area contributed by atoms with Gasteiger partial charge in [-0.1, -0.05) is 46.3 Å². The topological polar surface area (TPSA) is 3.01 Å². The Labute approximate surface area is 87.9 Å². The van der Waals surface area contributed by atoms with Gasteiger partial charge in [-0.2, -0.15) is 0 Å². The van der Waals surface area contributed by atoms with Gasteiger partial charge in [0.15, 0.2) is 0 Å². The average molecular weight is 240 g/mol. The molecule has 2 rings (SSSR count). The fourth-order valence-electron chi connectivity index (χ4n) is 1.73. The van der Waals surface area contributed by atoms with Gasteiger partial charge in [0.2, 0.25) is 0 Å². The highest BCUT2D eigenvalue weighted by molar-refractivity contribution is 9.09. The van der Waals surface area contributed by atoms with Gasteiger partial charge in [0.1, 0.15) is 0 Å². The Kier molecular flexibility index (Phi) is 2.70. The van der Waals surface area contributed by atoms with Crippen LogP contribution in [0.1, 0.15) is 18.5 Å². The highest BCUT2D eigenvalue weighted by Gasteiger charge is 2.36. The second-order valence-electron chi connectivity index (χ2n) is 3.59. The minimum Gasteiger partial charge on any atom is -0.290 e. The largest absolute Gasteiger partial charge is 0.290 e. The molecule has 2 heteroatoms. The van der Waals surface area contributed by atoms with Gasteiger partial charge in [0.25, 0.3) is 0 Å². The van der Waals surface area contributed by atoms with Crippen LogP contribution in [-0.4, -0.2) is 22.8 Å². The molecule has 13 heavy (non-hydrogen) atoms. The van der Waals surface area contributed by atoms with Crippen LogP contribution < -0.4 is 0 Å². The zero-order chi connectivity index (χ0) is 9.26. The van der Waals surface area contributed by atoms with Crippen molar-refractivity contribution in [2.24, 2.45) is 0 Å². The molecule has 0 saturated carbocycles. The molecule has 3 atom stereocenters. The van der Waals surface area contributed by atoms with E-state index in [1.807, 2.05) is 0 Å². The van der Waals surface area contributed by atoms with Gasteiger partial charge in [-0.25, -0.2) is 0 Å². The Bertz CT molecular complexity index is 273. The van der Waals surface area contributed by atoms with Gasteiger partial charge in [-0.3, -0.25) is 4.90 Å². The number of alkyl halides is 1. The van der Waals surface area contributed by atoms with E-state index >= 15 is 0 Å². The van der Waals surface area contributed by atoms with Gasteiger partial charge in [-0.15, -0.1) is 0 Å². The van der Waals surface area contributed by atoms with Crippen LogP contribution in [0.25, 0.3) is 0 Å². The second kappa shape index (κ2) is 3.81. The number of benzene rings is 1. The highest BCUT2D eigenvalue weighted by Crippen LogP contribution is 2.32. The molecule has 1 aliphatic rings. The van der Waals surface area contributed by atoms with Crippen LogP contribution in [0.2, 0.25) is 0 Å². The normalized spacial score (nSPS) is 28.5. The van der Waals surface area contributed by atoms with Crippen LogP contribution in [-0.2, 0) is 0 Å². The van der Waals surface area contributed by atoms with Crippen molar-refractivity contribution in [3.05, 3.63) is 35.9 Å². The molecule has 1 unspecified atom stereocenters. The molecule has 0 N–H and O–H groups in total. The zero-order valence-electron chi connectivity index (χ0n) is 7.78. The van der Waals surface area contributed by atoms with E-state index in [9.17, 15) is 0 Å². The lowest BCUT2D eigenvalue weighted by Crippen LogP contribution is -2.08. The number of hydrogen-bond acceptors (Lipinski definition) is 1. The highest BCUT2D eigenvalue weighted by atomic mass is 79.9. The number of hydrogen-bond donors (Lipinski definition) is 0. The van der Waals surface area contributed by atoms with Crippen molar-refractivity contribution in [3.63, 3.8) is 0 Å². The average Bonchev–Trinajstić information content (AvgIpc) is 2.97. The summed E-state index contributed by atoms with van der Waals surface area (Å²) in [4.78, 5) is 2.50. The summed E-state index contributed by atoms with van der Waals surface area (Å²) in [5.41, 5.74) is 1.42. The summed E-state index contributed by atoms with van der Waals surface area (Å²) in [5, 5.41) is 1.10. The summed E-state index contributed by atoms with van der Waals surface area (Å²) in [6.07, 6.45) is 0. The van der Waals surface area contributed by atoms with Crippen molar-refractivity contribution in [3.8, 4) is 0 Å². The Balaban J connectivity index is 2.03. The summed E-state index contributed by atoms with van der Waals surface area (Å²) < 4.78 is 0. The molecule has 0 amide bonds. The van der Waals surface area contributed by atoms with Gasteiger partial charge >= 0.3 is 0 Å².